The highest BCUT2D eigenvalue weighted by Gasteiger charge is 2.35. The van der Waals surface area contributed by atoms with Gasteiger partial charge < -0.3 is 15.3 Å². The Kier molecular flexibility index (Phi) is 6.24. The molecule has 1 aromatic carbocycles. The minimum atomic E-state index is -0.157. The van der Waals surface area contributed by atoms with E-state index in [0.29, 0.717) is 6.54 Å². The van der Waals surface area contributed by atoms with Gasteiger partial charge in [-0.2, -0.15) is 0 Å². The van der Waals surface area contributed by atoms with Crippen molar-refractivity contribution in [1.82, 2.24) is 9.88 Å². The van der Waals surface area contributed by atoms with E-state index in [1.165, 1.54) is 0 Å². The minimum Gasteiger partial charge on any atom is -0.396 e. The number of piperidine rings is 1. The Morgan fingerprint density at radius 1 is 1.26 bits per heavy atom. The molecule has 2 heterocycles. The van der Waals surface area contributed by atoms with Crippen molar-refractivity contribution < 1.29 is 9.90 Å². The molecule has 0 unspecified atom stereocenters. The molecule has 2 aromatic rings. The number of urea groups is 1. The van der Waals surface area contributed by atoms with E-state index < -0.39 is 0 Å². The van der Waals surface area contributed by atoms with Gasteiger partial charge in [-0.1, -0.05) is 31.2 Å². The number of amides is 2. The van der Waals surface area contributed by atoms with Gasteiger partial charge in [0.05, 0.1) is 12.3 Å². The minimum absolute atomic E-state index is 0.0993. The van der Waals surface area contributed by atoms with Crippen LogP contribution in [-0.4, -0.2) is 40.7 Å². The van der Waals surface area contributed by atoms with E-state index in [2.05, 4.69) is 17.2 Å². The topological polar surface area (TPSA) is 65.5 Å². The first kappa shape index (κ1) is 19.1. The fraction of sp³-hybridized carbons (Fsp3) is 0.364. The average molecular weight is 365 g/mol. The summed E-state index contributed by atoms with van der Waals surface area (Å²) >= 11 is 0. The predicted molar refractivity (Wildman–Crippen MR) is 109 cm³/mol. The molecule has 0 bridgehead atoms. The lowest BCUT2D eigenvalue weighted by atomic mass is 9.78. The lowest BCUT2D eigenvalue weighted by Gasteiger charge is -2.41. The third kappa shape index (κ3) is 4.95. The zero-order valence-corrected chi connectivity index (χ0v) is 15.8. The number of anilines is 1. The number of carbonyl (C=O) groups excluding carboxylic acids is 1. The van der Waals surface area contributed by atoms with Crippen LogP contribution >= 0.6 is 0 Å². The summed E-state index contributed by atoms with van der Waals surface area (Å²) in [6.45, 7) is 3.55. The number of nitrogens with zero attached hydrogens (tertiary/aromatic N) is 2. The van der Waals surface area contributed by atoms with Crippen molar-refractivity contribution in [3.05, 3.63) is 59.9 Å². The van der Waals surface area contributed by atoms with Crippen LogP contribution in [-0.2, 0) is 0 Å². The molecule has 142 valence electrons. The third-order valence-corrected chi connectivity index (χ3v) is 5.33. The fourth-order valence-corrected chi connectivity index (χ4v) is 3.45. The summed E-state index contributed by atoms with van der Waals surface area (Å²) in [7, 11) is 0. The van der Waals surface area contributed by atoms with Crippen LogP contribution in [0.1, 0.15) is 37.4 Å². The van der Waals surface area contributed by atoms with Gasteiger partial charge >= 0.3 is 6.03 Å². The molecule has 0 radical (unpaired) electrons. The molecule has 0 saturated carbocycles. The van der Waals surface area contributed by atoms with Crippen molar-refractivity contribution in [3.63, 3.8) is 0 Å². The number of rotatable bonds is 5. The number of aliphatic hydroxyl groups excluding tert-OH is 1. The Morgan fingerprint density at radius 2 is 2.07 bits per heavy atom. The van der Waals surface area contributed by atoms with Gasteiger partial charge in [-0.3, -0.25) is 4.98 Å². The molecule has 0 aliphatic carbocycles. The second kappa shape index (κ2) is 8.82. The molecule has 27 heavy (non-hydrogen) atoms. The lowest BCUT2D eigenvalue weighted by molar-refractivity contribution is 0.0468. The molecule has 1 atom stereocenters. The van der Waals surface area contributed by atoms with Gasteiger partial charge in [0.1, 0.15) is 0 Å². The molecule has 1 aliphatic rings. The van der Waals surface area contributed by atoms with Gasteiger partial charge in [0.25, 0.3) is 0 Å². The number of aliphatic hydroxyl groups is 1. The predicted octanol–water partition coefficient (Wildman–Crippen LogP) is 4.27. The van der Waals surface area contributed by atoms with E-state index in [1.54, 1.807) is 6.20 Å². The maximum atomic E-state index is 12.6. The first-order chi connectivity index (χ1) is 13.1. The van der Waals surface area contributed by atoms with Gasteiger partial charge in [0, 0.05) is 30.4 Å². The van der Waals surface area contributed by atoms with E-state index in [4.69, 9.17) is 0 Å². The smallest absolute Gasteiger partial charge is 0.321 e. The van der Waals surface area contributed by atoms with E-state index in [9.17, 15) is 9.90 Å². The van der Waals surface area contributed by atoms with Crippen molar-refractivity contribution in [3.8, 4) is 0 Å². The van der Waals surface area contributed by atoms with Crippen molar-refractivity contribution >= 4 is 23.9 Å². The molecule has 2 N–H and O–H groups in total. The van der Waals surface area contributed by atoms with Crippen molar-refractivity contribution in [1.29, 1.82) is 0 Å². The van der Waals surface area contributed by atoms with Gasteiger partial charge in [-0.15, -0.1) is 0 Å². The van der Waals surface area contributed by atoms with Crippen LogP contribution in [0.25, 0.3) is 12.2 Å². The molecule has 1 aliphatic heterocycles. The maximum absolute atomic E-state index is 12.6. The van der Waals surface area contributed by atoms with Crippen molar-refractivity contribution in [2.45, 2.75) is 26.2 Å². The van der Waals surface area contributed by atoms with E-state index in [1.807, 2.05) is 59.5 Å². The maximum Gasteiger partial charge on any atom is 0.321 e. The number of aromatic nitrogens is 1. The van der Waals surface area contributed by atoms with Gasteiger partial charge in [-0.25, -0.2) is 4.79 Å². The Hall–Kier alpha value is -2.66. The van der Waals surface area contributed by atoms with Crippen molar-refractivity contribution in [2.75, 3.05) is 25.0 Å². The molecule has 2 amide bonds. The molecule has 5 heteroatoms. The largest absolute Gasteiger partial charge is 0.396 e. The standard InChI is InChI=1S/C22H27N3O2/c1-2-22(17-26)13-5-15-25(16-22)21(27)24-20-11-8-18(9-12-20)7-10-19-6-3-4-14-23-19/h3-4,6-12,14,26H,2,5,13,15-17H2,1H3,(H,24,27)/b10-7+/t22-/m0/s1. The van der Waals surface area contributed by atoms with Crippen LogP contribution in [0.3, 0.4) is 0 Å². The summed E-state index contributed by atoms with van der Waals surface area (Å²) in [5.41, 5.74) is 2.56. The fourth-order valence-electron chi connectivity index (χ4n) is 3.45. The van der Waals surface area contributed by atoms with E-state index in [-0.39, 0.29) is 18.1 Å². The molecule has 0 spiro atoms. The van der Waals surface area contributed by atoms with Crippen LogP contribution < -0.4 is 5.32 Å². The van der Waals surface area contributed by atoms with Crippen molar-refractivity contribution in [2.24, 2.45) is 5.41 Å². The van der Waals surface area contributed by atoms with E-state index in [0.717, 1.165) is 42.8 Å². The van der Waals surface area contributed by atoms with Gasteiger partial charge in [0.15, 0.2) is 0 Å². The van der Waals surface area contributed by atoms with Crippen LogP contribution in [0.2, 0.25) is 0 Å². The number of carbonyl (C=O) groups is 1. The summed E-state index contributed by atoms with van der Waals surface area (Å²) in [5, 5.41) is 12.7. The quantitative estimate of drug-likeness (QED) is 0.832. The zero-order chi connectivity index (χ0) is 19.1. The molecular formula is C22H27N3O2. The SMILES string of the molecule is CC[C@]1(CO)CCCN(C(=O)Nc2ccc(/C=C/c3ccccn3)cc2)C1. The zero-order valence-electron chi connectivity index (χ0n) is 15.8. The van der Waals surface area contributed by atoms with Crippen LogP contribution in [0, 0.1) is 5.41 Å². The Bertz CT molecular complexity index is 768. The van der Waals surface area contributed by atoms with Crippen LogP contribution in [0.4, 0.5) is 10.5 Å². The number of hydrogen-bond donors (Lipinski definition) is 2. The number of likely N-dealkylation sites (tertiary alicyclic amines) is 1. The molecule has 1 aromatic heterocycles. The second-order valence-corrected chi connectivity index (χ2v) is 7.18. The second-order valence-electron chi connectivity index (χ2n) is 7.18. The molecule has 3 rings (SSSR count). The van der Waals surface area contributed by atoms with Crippen LogP contribution in [0.5, 0.6) is 0 Å². The summed E-state index contributed by atoms with van der Waals surface area (Å²) in [4.78, 5) is 18.7. The summed E-state index contributed by atoms with van der Waals surface area (Å²) in [6, 6.07) is 13.4. The normalized spacial score (nSPS) is 20.0. The van der Waals surface area contributed by atoms with Crippen LogP contribution in [0.15, 0.2) is 48.7 Å². The monoisotopic (exact) mass is 365 g/mol. The summed E-state index contributed by atoms with van der Waals surface area (Å²) in [5.74, 6) is 0. The first-order valence-corrected chi connectivity index (χ1v) is 9.50. The molecule has 1 fully saturated rings. The third-order valence-electron chi connectivity index (χ3n) is 5.33. The number of benzene rings is 1. The highest BCUT2D eigenvalue weighted by molar-refractivity contribution is 5.89. The average Bonchev–Trinajstić information content (AvgIpc) is 2.74. The summed E-state index contributed by atoms with van der Waals surface area (Å²) < 4.78 is 0. The Labute approximate surface area is 160 Å². The Balaban J connectivity index is 1.59. The number of nitrogens with one attached hydrogen (secondary N) is 1. The Morgan fingerprint density at radius 3 is 2.74 bits per heavy atom. The highest BCUT2D eigenvalue weighted by atomic mass is 16.3. The lowest BCUT2D eigenvalue weighted by Crippen LogP contribution is -2.49. The molecular weight excluding hydrogens is 338 g/mol. The molecule has 1 saturated heterocycles. The molecule has 5 nitrogen and oxygen atoms in total. The van der Waals surface area contributed by atoms with E-state index >= 15 is 0 Å². The highest BCUT2D eigenvalue weighted by Crippen LogP contribution is 2.33. The van der Waals surface area contributed by atoms with Gasteiger partial charge in [0.2, 0.25) is 0 Å². The summed E-state index contributed by atoms with van der Waals surface area (Å²) in [6.07, 6.45) is 8.50. The number of hydrogen-bond acceptors (Lipinski definition) is 3. The number of pyridine rings is 1. The van der Waals surface area contributed by atoms with Gasteiger partial charge in [-0.05, 0) is 55.2 Å². The first-order valence-electron chi connectivity index (χ1n) is 9.50.